The molecule has 3 aromatic rings. The Morgan fingerprint density at radius 1 is 1.06 bits per heavy atom. The van der Waals surface area contributed by atoms with Gasteiger partial charge in [-0.1, -0.05) is 36.4 Å². The quantitative estimate of drug-likeness (QED) is 0.271. The number of piperazine rings is 1. The number of anilines is 1. The van der Waals surface area contributed by atoms with E-state index in [1.807, 2.05) is 30.9 Å². The summed E-state index contributed by atoms with van der Waals surface area (Å²) in [4.78, 5) is 13.8. The van der Waals surface area contributed by atoms with E-state index in [4.69, 9.17) is 9.73 Å². The second-order valence-corrected chi connectivity index (χ2v) is 7.87. The summed E-state index contributed by atoms with van der Waals surface area (Å²) in [6, 6.07) is 16.9. The van der Waals surface area contributed by atoms with E-state index in [9.17, 15) is 0 Å². The van der Waals surface area contributed by atoms with Crippen molar-refractivity contribution in [2.24, 2.45) is 4.99 Å². The highest BCUT2D eigenvalue weighted by atomic mass is 127. The molecular weight excluding hydrogens is 527 g/mol. The summed E-state index contributed by atoms with van der Waals surface area (Å²) in [7, 11) is 1.73. The average Bonchev–Trinajstić information content (AvgIpc) is 3.35. The van der Waals surface area contributed by atoms with Crippen LogP contribution in [-0.2, 0) is 13.1 Å². The number of ether oxygens (including phenoxy) is 1. The summed E-state index contributed by atoms with van der Waals surface area (Å²) >= 11 is 0. The normalized spacial score (nSPS) is 14.1. The smallest absolute Gasteiger partial charge is 0.194 e. The maximum Gasteiger partial charge on any atom is 0.194 e. The Morgan fingerprint density at radius 2 is 1.85 bits per heavy atom. The van der Waals surface area contributed by atoms with Crippen molar-refractivity contribution in [2.75, 3.05) is 44.7 Å². The molecule has 33 heavy (non-hydrogen) atoms. The van der Waals surface area contributed by atoms with Crippen LogP contribution < -0.4 is 15.0 Å². The zero-order chi connectivity index (χ0) is 22.2. The summed E-state index contributed by atoms with van der Waals surface area (Å²) in [6.07, 6.45) is 5.64. The molecule has 0 saturated carbocycles. The van der Waals surface area contributed by atoms with Crippen LogP contribution in [0.15, 0.2) is 72.2 Å². The molecule has 0 atom stereocenters. The number of benzene rings is 2. The first-order valence-corrected chi connectivity index (χ1v) is 11.2. The van der Waals surface area contributed by atoms with Gasteiger partial charge in [0.25, 0.3) is 0 Å². The summed E-state index contributed by atoms with van der Waals surface area (Å²) in [5.41, 5.74) is 3.63. The fourth-order valence-corrected chi connectivity index (χ4v) is 4.06. The summed E-state index contributed by atoms with van der Waals surface area (Å²) in [6.45, 7) is 8.17. The number of rotatable bonds is 7. The number of imidazole rings is 1. The Kier molecular flexibility index (Phi) is 9.41. The molecule has 0 radical (unpaired) electrons. The van der Waals surface area contributed by atoms with Crippen LogP contribution in [0.3, 0.4) is 0 Å². The lowest BCUT2D eigenvalue weighted by Crippen LogP contribution is -2.52. The Labute approximate surface area is 213 Å². The number of guanidine groups is 1. The standard InChI is InChI=1S/C25H32N6O.HI/c1-3-27-25(28-18-21-7-6-8-22(17-21)19-29-12-11-26-20-29)31-15-13-30(14-16-31)23-9-4-5-10-24(23)32-2;/h4-12,17,20H,3,13-16,18-19H2,1-2H3,(H,27,28);1H. The second kappa shape index (κ2) is 12.5. The molecular formula is C25H33IN6O. The number of halogens is 1. The van der Waals surface area contributed by atoms with E-state index >= 15 is 0 Å². The molecule has 1 aromatic heterocycles. The van der Waals surface area contributed by atoms with Crippen LogP contribution in [-0.4, -0.2) is 60.2 Å². The molecule has 4 rings (SSSR count). The molecule has 1 aliphatic heterocycles. The van der Waals surface area contributed by atoms with Crippen LogP contribution >= 0.6 is 24.0 Å². The molecule has 0 spiro atoms. The largest absolute Gasteiger partial charge is 0.495 e. The minimum absolute atomic E-state index is 0. The highest BCUT2D eigenvalue weighted by Gasteiger charge is 2.21. The molecule has 8 heteroatoms. The van der Waals surface area contributed by atoms with E-state index in [0.29, 0.717) is 6.54 Å². The second-order valence-electron chi connectivity index (χ2n) is 7.87. The molecule has 2 heterocycles. The van der Waals surface area contributed by atoms with Crippen molar-refractivity contribution < 1.29 is 4.74 Å². The fraction of sp³-hybridized carbons (Fsp3) is 0.360. The lowest BCUT2D eigenvalue weighted by Gasteiger charge is -2.38. The van der Waals surface area contributed by atoms with Crippen LogP contribution in [0.2, 0.25) is 0 Å². The van der Waals surface area contributed by atoms with Crippen LogP contribution in [0.5, 0.6) is 5.75 Å². The Bertz CT molecular complexity index is 1020. The summed E-state index contributed by atoms with van der Waals surface area (Å²) < 4.78 is 7.62. The zero-order valence-electron chi connectivity index (χ0n) is 19.4. The first kappa shape index (κ1) is 24.9. The molecule has 0 amide bonds. The first-order valence-electron chi connectivity index (χ1n) is 11.2. The van der Waals surface area contributed by atoms with Crippen molar-refractivity contribution in [3.05, 3.63) is 78.4 Å². The van der Waals surface area contributed by atoms with E-state index < -0.39 is 0 Å². The summed E-state index contributed by atoms with van der Waals surface area (Å²) in [5.74, 6) is 1.91. The van der Waals surface area contributed by atoms with Gasteiger partial charge in [0.05, 0.1) is 25.7 Å². The highest BCUT2D eigenvalue weighted by Crippen LogP contribution is 2.28. The van der Waals surface area contributed by atoms with Crippen molar-refractivity contribution >= 4 is 35.6 Å². The Balaban J connectivity index is 0.00000306. The molecule has 1 N–H and O–H groups in total. The van der Waals surface area contributed by atoms with Gasteiger partial charge in [-0.15, -0.1) is 24.0 Å². The molecule has 176 valence electrons. The average molecular weight is 560 g/mol. The van der Waals surface area contributed by atoms with E-state index in [0.717, 1.165) is 56.7 Å². The predicted molar refractivity (Wildman–Crippen MR) is 145 cm³/mol. The van der Waals surface area contributed by atoms with Gasteiger partial charge in [-0.2, -0.15) is 0 Å². The molecule has 0 unspecified atom stereocenters. The third-order valence-electron chi connectivity index (χ3n) is 5.67. The Morgan fingerprint density at radius 3 is 2.58 bits per heavy atom. The molecule has 0 bridgehead atoms. The lowest BCUT2D eigenvalue weighted by molar-refractivity contribution is 0.367. The monoisotopic (exact) mass is 560 g/mol. The van der Waals surface area contributed by atoms with Gasteiger partial charge in [-0.25, -0.2) is 9.98 Å². The van der Waals surface area contributed by atoms with Crippen molar-refractivity contribution in [1.82, 2.24) is 19.8 Å². The maximum absolute atomic E-state index is 5.55. The van der Waals surface area contributed by atoms with Crippen molar-refractivity contribution in [1.29, 1.82) is 0 Å². The van der Waals surface area contributed by atoms with E-state index in [-0.39, 0.29) is 24.0 Å². The topological polar surface area (TPSA) is 57.9 Å². The van der Waals surface area contributed by atoms with Gasteiger partial charge in [0.1, 0.15) is 5.75 Å². The van der Waals surface area contributed by atoms with Gasteiger partial charge in [-0.3, -0.25) is 0 Å². The molecule has 1 fully saturated rings. The van der Waals surface area contributed by atoms with Gasteiger partial charge in [0.15, 0.2) is 5.96 Å². The number of nitrogens with zero attached hydrogens (tertiary/aromatic N) is 5. The molecule has 2 aromatic carbocycles. The predicted octanol–water partition coefficient (Wildman–Crippen LogP) is 3.85. The number of para-hydroxylation sites is 2. The molecule has 0 aliphatic carbocycles. The molecule has 1 aliphatic rings. The highest BCUT2D eigenvalue weighted by molar-refractivity contribution is 14.0. The van der Waals surface area contributed by atoms with Gasteiger partial charge >= 0.3 is 0 Å². The number of nitrogens with one attached hydrogen (secondary N) is 1. The number of aliphatic imine (C=N–C) groups is 1. The van der Waals surface area contributed by atoms with Gasteiger partial charge < -0.3 is 24.4 Å². The number of aromatic nitrogens is 2. The fourth-order valence-electron chi connectivity index (χ4n) is 4.06. The number of methoxy groups -OCH3 is 1. The molecule has 1 saturated heterocycles. The van der Waals surface area contributed by atoms with Crippen molar-refractivity contribution in [3.63, 3.8) is 0 Å². The Hall–Kier alpha value is -2.75. The van der Waals surface area contributed by atoms with Crippen LogP contribution in [0.25, 0.3) is 0 Å². The van der Waals surface area contributed by atoms with Gasteiger partial charge in [0.2, 0.25) is 0 Å². The lowest BCUT2D eigenvalue weighted by atomic mass is 10.1. The maximum atomic E-state index is 5.55. The van der Waals surface area contributed by atoms with Gasteiger partial charge in [-0.05, 0) is 30.2 Å². The van der Waals surface area contributed by atoms with E-state index in [1.165, 1.54) is 11.1 Å². The van der Waals surface area contributed by atoms with Crippen molar-refractivity contribution in [3.8, 4) is 5.75 Å². The van der Waals surface area contributed by atoms with Crippen LogP contribution in [0.4, 0.5) is 5.69 Å². The number of hydrogen-bond acceptors (Lipinski definition) is 4. The number of hydrogen-bond donors (Lipinski definition) is 1. The van der Waals surface area contributed by atoms with E-state index in [2.05, 4.69) is 68.0 Å². The van der Waals surface area contributed by atoms with E-state index in [1.54, 1.807) is 7.11 Å². The summed E-state index contributed by atoms with van der Waals surface area (Å²) in [5, 5.41) is 3.47. The molecule has 7 nitrogen and oxygen atoms in total. The zero-order valence-corrected chi connectivity index (χ0v) is 21.7. The van der Waals surface area contributed by atoms with Gasteiger partial charge in [0, 0.05) is 51.7 Å². The van der Waals surface area contributed by atoms with Crippen LogP contribution in [0.1, 0.15) is 18.1 Å². The SMILES string of the molecule is CCNC(=NCc1cccc(Cn2ccnc2)c1)N1CCN(c2ccccc2OC)CC1.I. The minimum Gasteiger partial charge on any atom is -0.495 e. The van der Waals surface area contributed by atoms with Crippen molar-refractivity contribution in [2.45, 2.75) is 20.0 Å². The first-order chi connectivity index (χ1) is 15.8. The van der Waals surface area contributed by atoms with Crippen LogP contribution in [0, 0.1) is 0 Å². The minimum atomic E-state index is 0. The third-order valence-corrected chi connectivity index (χ3v) is 5.67. The third kappa shape index (κ3) is 6.63.